The van der Waals surface area contributed by atoms with Gasteiger partial charge >= 0.3 is 0 Å². The molecule has 1 atom stereocenters. The van der Waals surface area contributed by atoms with E-state index in [0.29, 0.717) is 13.0 Å². The summed E-state index contributed by atoms with van der Waals surface area (Å²) >= 11 is 5.60. The quantitative estimate of drug-likeness (QED) is 0.815. The lowest BCUT2D eigenvalue weighted by Crippen LogP contribution is -2.30. The van der Waals surface area contributed by atoms with Crippen LogP contribution in [0.5, 0.6) is 0 Å². The topological polar surface area (TPSA) is 40.5 Å². The lowest BCUT2D eigenvalue weighted by Gasteiger charge is -2.16. The lowest BCUT2D eigenvalue weighted by molar-refractivity contribution is 0.0760. The number of aliphatic hydroxyl groups excluding tert-OH is 1. The van der Waals surface area contributed by atoms with Gasteiger partial charge in [0.05, 0.1) is 16.7 Å². The molecular formula is C11H11ClFNO2. The Balaban J connectivity index is 2.24. The van der Waals surface area contributed by atoms with Gasteiger partial charge in [0, 0.05) is 13.1 Å². The Kier molecular flexibility index (Phi) is 3.12. The van der Waals surface area contributed by atoms with Gasteiger partial charge in [-0.1, -0.05) is 17.7 Å². The summed E-state index contributed by atoms with van der Waals surface area (Å²) in [6, 6.07) is 4.33. The van der Waals surface area contributed by atoms with Crippen LogP contribution >= 0.6 is 11.6 Å². The molecule has 86 valence electrons. The highest BCUT2D eigenvalue weighted by atomic mass is 35.5. The number of hydrogen-bond donors (Lipinski definition) is 1. The van der Waals surface area contributed by atoms with Crippen LogP contribution in [-0.4, -0.2) is 35.1 Å². The summed E-state index contributed by atoms with van der Waals surface area (Å²) in [5, 5.41) is 9.24. The lowest BCUT2D eigenvalue weighted by atomic mass is 10.2. The van der Waals surface area contributed by atoms with Crippen molar-refractivity contribution in [2.24, 2.45) is 0 Å². The van der Waals surface area contributed by atoms with Crippen LogP contribution in [0, 0.1) is 5.82 Å². The van der Waals surface area contributed by atoms with Crippen molar-refractivity contribution < 1.29 is 14.3 Å². The van der Waals surface area contributed by atoms with Crippen molar-refractivity contribution in [3.63, 3.8) is 0 Å². The number of halogens is 2. The summed E-state index contributed by atoms with van der Waals surface area (Å²) in [6.45, 7) is 0.705. The zero-order chi connectivity index (χ0) is 11.7. The fourth-order valence-corrected chi connectivity index (χ4v) is 1.94. The predicted molar refractivity (Wildman–Crippen MR) is 57.9 cm³/mol. The Morgan fingerprint density at radius 3 is 2.94 bits per heavy atom. The molecule has 1 saturated heterocycles. The summed E-state index contributed by atoms with van der Waals surface area (Å²) in [5.74, 6) is -1.12. The van der Waals surface area contributed by atoms with Gasteiger partial charge < -0.3 is 10.0 Å². The van der Waals surface area contributed by atoms with Crippen LogP contribution in [-0.2, 0) is 0 Å². The van der Waals surface area contributed by atoms with Gasteiger partial charge in [-0.05, 0) is 18.6 Å². The van der Waals surface area contributed by atoms with Gasteiger partial charge in [0.1, 0.15) is 0 Å². The number of hydrogen-bond acceptors (Lipinski definition) is 2. The summed E-state index contributed by atoms with van der Waals surface area (Å²) < 4.78 is 13.6. The number of carbonyl (C=O) groups excluding carboxylic acids is 1. The van der Waals surface area contributed by atoms with Crippen molar-refractivity contribution in [3.8, 4) is 0 Å². The molecule has 0 radical (unpaired) electrons. The van der Waals surface area contributed by atoms with Gasteiger partial charge in [-0.15, -0.1) is 0 Å². The number of benzene rings is 1. The molecule has 0 aromatic heterocycles. The minimum absolute atomic E-state index is 0.0402. The minimum Gasteiger partial charge on any atom is -0.391 e. The van der Waals surface area contributed by atoms with E-state index in [1.54, 1.807) is 0 Å². The van der Waals surface area contributed by atoms with Gasteiger partial charge in [-0.2, -0.15) is 0 Å². The van der Waals surface area contributed by atoms with E-state index in [2.05, 4.69) is 0 Å². The Hall–Kier alpha value is -1.13. The van der Waals surface area contributed by atoms with Crippen molar-refractivity contribution >= 4 is 17.5 Å². The van der Waals surface area contributed by atoms with Crippen LogP contribution in [0.2, 0.25) is 5.02 Å². The Morgan fingerprint density at radius 1 is 1.56 bits per heavy atom. The number of β-amino-alcohol motifs (C(OH)–C–C–N with tert-alkyl or cyclic N) is 1. The molecule has 0 bridgehead atoms. The van der Waals surface area contributed by atoms with Crippen LogP contribution < -0.4 is 0 Å². The summed E-state index contributed by atoms with van der Waals surface area (Å²) in [4.78, 5) is 13.3. The van der Waals surface area contributed by atoms with Crippen molar-refractivity contribution in [1.82, 2.24) is 4.90 Å². The van der Waals surface area contributed by atoms with Crippen LogP contribution in [0.25, 0.3) is 0 Å². The SMILES string of the molecule is O=C(c1cccc(Cl)c1F)N1CC[C@@H](O)C1. The van der Waals surface area contributed by atoms with E-state index in [-0.39, 0.29) is 17.1 Å². The van der Waals surface area contributed by atoms with Gasteiger partial charge in [0.15, 0.2) is 5.82 Å². The molecule has 0 aliphatic carbocycles. The molecule has 0 unspecified atom stereocenters. The van der Waals surface area contributed by atoms with Crippen molar-refractivity contribution in [1.29, 1.82) is 0 Å². The monoisotopic (exact) mass is 243 g/mol. The number of amides is 1. The molecule has 1 fully saturated rings. The van der Waals surface area contributed by atoms with E-state index < -0.39 is 17.8 Å². The maximum absolute atomic E-state index is 13.6. The van der Waals surface area contributed by atoms with Crippen molar-refractivity contribution in [2.75, 3.05) is 13.1 Å². The molecule has 16 heavy (non-hydrogen) atoms. The first-order chi connectivity index (χ1) is 7.59. The Labute approximate surface area is 97.4 Å². The van der Waals surface area contributed by atoms with Gasteiger partial charge in [-0.25, -0.2) is 4.39 Å². The number of carbonyl (C=O) groups is 1. The molecule has 1 aliphatic rings. The molecule has 1 amide bonds. The number of aliphatic hydroxyl groups is 1. The molecular weight excluding hydrogens is 233 g/mol. The second-order valence-corrected chi connectivity index (χ2v) is 4.20. The average Bonchev–Trinajstić information content (AvgIpc) is 2.68. The summed E-state index contributed by atoms with van der Waals surface area (Å²) in [7, 11) is 0. The second-order valence-electron chi connectivity index (χ2n) is 3.80. The zero-order valence-electron chi connectivity index (χ0n) is 8.49. The summed E-state index contributed by atoms with van der Waals surface area (Å²) in [5.41, 5.74) is -0.0402. The molecule has 2 rings (SSSR count). The van der Waals surface area contributed by atoms with E-state index in [4.69, 9.17) is 11.6 Å². The average molecular weight is 244 g/mol. The van der Waals surface area contributed by atoms with Crippen molar-refractivity contribution in [3.05, 3.63) is 34.6 Å². The van der Waals surface area contributed by atoms with Gasteiger partial charge in [0.25, 0.3) is 5.91 Å². The Bertz CT molecular complexity index is 424. The normalized spacial score (nSPS) is 20.2. The summed E-state index contributed by atoms with van der Waals surface area (Å²) in [6.07, 6.45) is 0.0275. The molecule has 1 aromatic rings. The zero-order valence-corrected chi connectivity index (χ0v) is 9.25. The maximum Gasteiger partial charge on any atom is 0.256 e. The van der Waals surface area contributed by atoms with E-state index in [9.17, 15) is 14.3 Å². The number of nitrogens with zero attached hydrogens (tertiary/aromatic N) is 1. The second kappa shape index (κ2) is 4.39. The molecule has 0 saturated carbocycles. The molecule has 1 N–H and O–H groups in total. The van der Waals surface area contributed by atoms with Crippen LogP contribution in [0.4, 0.5) is 4.39 Å². The molecule has 5 heteroatoms. The highest BCUT2D eigenvalue weighted by Crippen LogP contribution is 2.21. The van der Waals surface area contributed by atoms with Crippen LogP contribution in [0.3, 0.4) is 0 Å². The van der Waals surface area contributed by atoms with E-state index in [1.165, 1.54) is 23.1 Å². The van der Waals surface area contributed by atoms with Crippen LogP contribution in [0.15, 0.2) is 18.2 Å². The number of rotatable bonds is 1. The Morgan fingerprint density at radius 2 is 2.31 bits per heavy atom. The van der Waals surface area contributed by atoms with E-state index >= 15 is 0 Å². The maximum atomic E-state index is 13.6. The fourth-order valence-electron chi connectivity index (χ4n) is 1.77. The molecule has 0 spiro atoms. The molecule has 1 heterocycles. The van der Waals surface area contributed by atoms with E-state index in [0.717, 1.165) is 0 Å². The first kappa shape index (κ1) is 11.4. The third kappa shape index (κ3) is 2.03. The first-order valence-electron chi connectivity index (χ1n) is 5.01. The minimum atomic E-state index is -0.699. The van der Waals surface area contributed by atoms with Gasteiger partial charge in [-0.3, -0.25) is 4.79 Å². The van der Waals surface area contributed by atoms with Crippen LogP contribution in [0.1, 0.15) is 16.8 Å². The molecule has 3 nitrogen and oxygen atoms in total. The third-order valence-electron chi connectivity index (χ3n) is 2.63. The molecule has 1 aliphatic heterocycles. The predicted octanol–water partition coefficient (Wildman–Crippen LogP) is 1.69. The first-order valence-corrected chi connectivity index (χ1v) is 5.38. The number of likely N-dealkylation sites (tertiary alicyclic amines) is 1. The van der Waals surface area contributed by atoms with Gasteiger partial charge in [0.2, 0.25) is 0 Å². The smallest absolute Gasteiger partial charge is 0.256 e. The molecule has 1 aromatic carbocycles. The standard InChI is InChI=1S/C11H11ClFNO2/c12-9-3-1-2-8(10(9)13)11(16)14-5-4-7(15)6-14/h1-3,7,15H,4-6H2/t7-/m1/s1. The third-order valence-corrected chi connectivity index (χ3v) is 2.92. The van der Waals surface area contributed by atoms with Crippen molar-refractivity contribution in [2.45, 2.75) is 12.5 Å². The largest absolute Gasteiger partial charge is 0.391 e. The van der Waals surface area contributed by atoms with E-state index in [1.807, 2.05) is 0 Å². The highest BCUT2D eigenvalue weighted by molar-refractivity contribution is 6.31. The fraction of sp³-hybridized carbons (Fsp3) is 0.364. The highest BCUT2D eigenvalue weighted by Gasteiger charge is 2.27.